The van der Waals surface area contributed by atoms with Gasteiger partial charge in [0.15, 0.2) is 0 Å². The third kappa shape index (κ3) is 1.97. The van der Waals surface area contributed by atoms with Gasteiger partial charge in [-0.15, -0.1) is 0 Å². The minimum Gasteiger partial charge on any atom is -0.477 e. The van der Waals surface area contributed by atoms with Crippen molar-refractivity contribution in [2.24, 2.45) is 0 Å². The van der Waals surface area contributed by atoms with Crippen LogP contribution < -0.4 is 5.43 Å². The molecule has 0 spiro atoms. The Labute approximate surface area is 124 Å². The second-order valence-corrected chi connectivity index (χ2v) is 5.63. The molecular weight excluding hydrogens is 288 g/mol. The van der Waals surface area contributed by atoms with Crippen molar-refractivity contribution in [3.05, 3.63) is 49.3 Å². The standard InChI is InChI=1S/C15H14N2O5/c1-7-5-11-12(13(8(7)2)17(21)22)14(18)10(15(19)20)6-16(11)9-3-4-9/h5-6,9H,3-4H2,1-2H3,(H,19,20). The van der Waals surface area contributed by atoms with Gasteiger partial charge >= 0.3 is 5.97 Å². The van der Waals surface area contributed by atoms with Gasteiger partial charge in [-0.2, -0.15) is 0 Å². The molecule has 1 heterocycles. The van der Waals surface area contributed by atoms with Gasteiger partial charge < -0.3 is 9.67 Å². The van der Waals surface area contributed by atoms with Crippen LogP contribution in [0.5, 0.6) is 0 Å². The van der Waals surface area contributed by atoms with Gasteiger partial charge in [0.1, 0.15) is 10.9 Å². The van der Waals surface area contributed by atoms with E-state index >= 15 is 0 Å². The topological polar surface area (TPSA) is 102 Å². The summed E-state index contributed by atoms with van der Waals surface area (Å²) in [4.78, 5) is 34.6. The maximum absolute atomic E-state index is 12.5. The molecule has 0 bridgehead atoms. The number of hydrogen-bond acceptors (Lipinski definition) is 4. The summed E-state index contributed by atoms with van der Waals surface area (Å²) in [6, 6.07) is 1.83. The zero-order chi connectivity index (χ0) is 16.2. The van der Waals surface area contributed by atoms with Crippen LogP contribution in [0.15, 0.2) is 17.1 Å². The smallest absolute Gasteiger partial charge is 0.341 e. The molecule has 0 unspecified atom stereocenters. The highest BCUT2D eigenvalue weighted by Crippen LogP contribution is 2.39. The van der Waals surface area contributed by atoms with Crippen LogP contribution >= 0.6 is 0 Å². The van der Waals surface area contributed by atoms with Crippen molar-refractivity contribution >= 4 is 22.6 Å². The Morgan fingerprint density at radius 2 is 2.05 bits per heavy atom. The zero-order valence-electron chi connectivity index (χ0n) is 12.1. The molecule has 1 aromatic carbocycles. The first kappa shape index (κ1) is 14.2. The number of carboxylic acids is 1. The van der Waals surface area contributed by atoms with E-state index in [0.29, 0.717) is 16.6 Å². The van der Waals surface area contributed by atoms with Gasteiger partial charge in [0, 0.05) is 17.8 Å². The maximum Gasteiger partial charge on any atom is 0.341 e. The summed E-state index contributed by atoms with van der Waals surface area (Å²) in [7, 11) is 0. The number of nitro benzene ring substituents is 1. The van der Waals surface area contributed by atoms with Crippen LogP contribution in [-0.2, 0) is 0 Å². The second-order valence-electron chi connectivity index (χ2n) is 5.63. The number of carboxylic acid groups (broad SMARTS) is 1. The number of nitrogens with zero attached hydrogens (tertiary/aromatic N) is 2. The molecule has 3 rings (SSSR count). The van der Waals surface area contributed by atoms with Crippen LogP contribution in [0.3, 0.4) is 0 Å². The highest BCUT2D eigenvalue weighted by Gasteiger charge is 2.30. The lowest BCUT2D eigenvalue weighted by molar-refractivity contribution is -0.383. The highest BCUT2D eigenvalue weighted by molar-refractivity contribution is 5.97. The summed E-state index contributed by atoms with van der Waals surface area (Å²) in [6.07, 6.45) is 3.05. The molecule has 0 amide bonds. The molecule has 1 aliphatic carbocycles. The van der Waals surface area contributed by atoms with Crippen molar-refractivity contribution in [2.45, 2.75) is 32.7 Å². The Morgan fingerprint density at radius 3 is 2.55 bits per heavy atom. The first-order valence-corrected chi connectivity index (χ1v) is 6.89. The van der Waals surface area contributed by atoms with E-state index in [-0.39, 0.29) is 17.1 Å². The van der Waals surface area contributed by atoms with E-state index in [9.17, 15) is 24.8 Å². The lowest BCUT2D eigenvalue weighted by atomic mass is 10.0. The van der Waals surface area contributed by atoms with Crippen LogP contribution in [-0.4, -0.2) is 20.6 Å². The number of carbonyl (C=O) groups is 1. The average Bonchev–Trinajstić information content (AvgIpc) is 3.25. The van der Waals surface area contributed by atoms with Crippen LogP contribution in [0.2, 0.25) is 0 Å². The predicted molar refractivity (Wildman–Crippen MR) is 79.6 cm³/mol. The average molecular weight is 302 g/mol. The fraction of sp³-hybridized carbons (Fsp3) is 0.333. The number of aryl methyl sites for hydroxylation is 1. The van der Waals surface area contributed by atoms with Crippen molar-refractivity contribution in [1.82, 2.24) is 4.57 Å². The Morgan fingerprint density at radius 1 is 1.41 bits per heavy atom. The normalized spacial score (nSPS) is 14.3. The summed E-state index contributed by atoms with van der Waals surface area (Å²) in [5.41, 5.74) is 0.0142. The van der Waals surface area contributed by atoms with Crippen LogP contribution in [0.1, 0.15) is 40.4 Å². The summed E-state index contributed by atoms with van der Waals surface area (Å²) in [6.45, 7) is 3.32. The van der Waals surface area contributed by atoms with E-state index in [1.807, 2.05) is 0 Å². The number of hydrogen-bond donors (Lipinski definition) is 1. The number of rotatable bonds is 3. The number of pyridine rings is 1. The first-order chi connectivity index (χ1) is 10.3. The van der Waals surface area contributed by atoms with E-state index in [0.717, 1.165) is 12.8 Å². The molecule has 0 radical (unpaired) electrons. The van der Waals surface area contributed by atoms with E-state index in [2.05, 4.69) is 0 Å². The van der Waals surface area contributed by atoms with Crippen LogP contribution in [0.4, 0.5) is 5.69 Å². The molecule has 0 aliphatic heterocycles. The molecule has 22 heavy (non-hydrogen) atoms. The van der Waals surface area contributed by atoms with E-state index in [1.54, 1.807) is 24.5 Å². The van der Waals surface area contributed by atoms with Gasteiger partial charge in [-0.05, 0) is 38.3 Å². The number of aromatic carboxylic acids is 1. The molecule has 1 N–H and O–H groups in total. The SMILES string of the molecule is Cc1cc2c(c([N+](=O)[O-])c1C)c(=O)c(C(=O)O)cn2C1CC1. The van der Waals surface area contributed by atoms with Gasteiger partial charge in [-0.1, -0.05) is 0 Å². The third-order valence-electron chi connectivity index (χ3n) is 4.16. The molecule has 7 heteroatoms. The van der Waals surface area contributed by atoms with E-state index in [1.165, 1.54) is 6.20 Å². The summed E-state index contributed by atoms with van der Waals surface area (Å²) in [5, 5.41) is 20.5. The molecular formula is C15H14N2O5. The van der Waals surface area contributed by atoms with Crippen molar-refractivity contribution in [3.8, 4) is 0 Å². The summed E-state index contributed by atoms with van der Waals surface area (Å²) < 4.78 is 1.69. The zero-order valence-corrected chi connectivity index (χ0v) is 12.1. The van der Waals surface area contributed by atoms with Crippen LogP contribution in [0, 0.1) is 24.0 Å². The fourth-order valence-electron chi connectivity index (χ4n) is 2.75. The molecule has 2 aromatic rings. The largest absolute Gasteiger partial charge is 0.477 e. The highest BCUT2D eigenvalue weighted by atomic mass is 16.6. The fourth-order valence-corrected chi connectivity index (χ4v) is 2.75. The minimum atomic E-state index is -1.37. The molecule has 1 fully saturated rings. The van der Waals surface area contributed by atoms with Gasteiger partial charge in [0.2, 0.25) is 5.43 Å². The Hall–Kier alpha value is -2.70. The summed E-state index contributed by atoms with van der Waals surface area (Å²) >= 11 is 0. The molecule has 1 saturated carbocycles. The summed E-state index contributed by atoms with van der Waals surface area (Å²) in [5.74, 6) is -1.37. The van der Waals surface area contributed by atoms with Crippen molar-refractivity contribution < 1.29 is 14.8 Å². The Bertz CT molecular complexity index is 893. The number of fused-ring (bicyclic) bond motifs is 1. The molecule has 1 aromatic heterocycles. The van der Waals surface area contributed by atoms with Crippen molar-refractivity contribution in [3.63, 3.8) is 0 Å². The minimum absolute atomic E-state index is 0.0999. The van der Waals surface area contributed by atoms with Crippen molar-refractivity contribution in [2.75, 3.05) is 0 Å². The molecule has 0 saturated heterocycles. The number of benzene rings is 1. The van der Waals surface area contributed by atoms with Gasteiger partial charge in [-0.25, -0.2) is 4.79 Å². The van der Waals surface area contributed by atoms with Gasteiger partial charge in [-0.3, -0.25) is 14.9 Å². The Balaban J connectivity index is 2.58. The Kier molecular flexibility index (Phi) is 3.01. The van der Waals surface area contributed by atoms with Gasteiger partial charge in [0.25, 0.3) is 5.69 Å². The lowest BCUT2D eigenvalue weighted by Gasteiger charge is -2.13. The molecule has 114 valence electrons. The van der Waals surface area contributed by atoms with Crippen LogP contribution in [0.25, 0.3) is 10.9 Å². The lowest BCUT2D eigenvalue weighted by Crippen LogP contribution is -2.20. The maximum atomic E-state index is 12.5. The molecule has 1 aliphatic rings. The monoisotopic (exact) mass is 302 g/mol. The predicted octanol–water partition coefficient (Wildman–Crippen LogP) is 2.56. The third-order valence-corrected chi connectivity index (χ3v) is 4.16. The van der Waals surface area contributed by atoms with Gasteiger partial charge in [0.05, 0.1) is 10.4 Å². The van der Waals surface area contributed by atoms with E-state index in [4.69, 9.17) is 0 Å². The number of aromatic nitrogens is 1. The quantitative estimate of drug-likeness (QED) is 0.693. The first-order valence-electron chi connectivity index (χ1n) is 6.89. The van der Waals surface area contributed by atoms with E-state index < -0.39 is 21.9 Å². The molecule has 0 atom stereocenters. The molecule has 7 nitrogen and oxygen atoms in total. The van der Waals surface area contributed by atoms with Crippen molar-refractivity contribution in [1.29, 1.82) is 0 Å². The number of nitro groups is 1. The second kappa shape index (κ2) is 4.66.